The van der Waals surface area contributed by atoms with Crippen LogP contribution in [0.4, 0.5) is 11.4 Å². The summed E-state index contributed by atoms with van der Waals surface area (Å²) in [7, 11) is 0. The molecule has 1 aromatic heterocycles. The van der Waals surface area contributed by atoms with Crippen LogP contribution in [0.2, 0.25) is 10.0 Å². The SMILES string of the molecule is Cc1nn(CC(=O)Nc2cc(Cl)ccc2Cl)c(C)c1[N+](=O)[O-]. The maximum atomic E-state index is 12.0. The van der Waals surface area contributed by atoms with Crippen molar-refractivity contribution in [3.8, 4) is 0 Å². The number of nitro groups is 1. The molecule has 7 nitrogen and oxygen atoms in total. The highest BCUT2D eigenvalue weighted by Crippen LogP contribution is 2.26. The van der Waals surface area contributed by atoms with E-state index in [1.54, 1.807) is 12.1 Å². The summed E-state index contributed by atoms with van der Waals surface area (Å²) in [5, 5.41) is 18.3. The minimum atomic E-state index is -0.514. The first-order chi connectivity index (χ1) is 10.3. The summed E-state index contributed by atoms with van der Waals surface area (Å²) < 4.78 is 1.28. The summed E-state index contributed by atoms with van der Waals surface area (Å²) >= 11 is 11.8. The number of carbonyl (C=O) groups is 1. The van der Waals surface area contributed by atoms with Gasteiger partial charge in [-0.25, -0.2) is 0 Å². The number of anilines is 1. The lowest BCUT2D eigenvalue weighted by Gasteiger charge is -2.08. The van der Waals surface area contributed by atoms with Crippen molar-refractivity contribution in [2.75, 3.05) is 5.32 Å². The molecule has 2 rings (SSSR count). The number of aryl methyl sites for hydroxylation is 1. The summed E-state index contributed by atoms with van der Waals surface area (Å²) in [5.74, 6) is -0.412. The number of carbonyl (C=O) groups excluding carboxylic acids is 1. The third-order valence-corrected chi connectivity index (χ3v) is 3.59. The molecule has 1 amide bonds. The molecule has 0 aliphatic carbocycles. The Morgan fingerprint density at radius 1 is 1.41 bits per heavy atom. The third kappa shape index (κ3) is 3.37. The first-order valence-electron chi connectivity index (χ1n) is 6.23. The molecule has 0 aliphatic heterocycles. The van der Waals surface area contributed by atoms with Gasteiger partial charge in [0.25, 0.3) is 0 Å². The smallest absolute Gasteiger partial charge is 0.312 e. The highest BCUT2D eigenvalue weighted by molar-refractivity contribution is 6.35. The molecule has 9 heteroatoms. The van der Waals surface area contributed by atoms with Crippen LogP contribution in [-0.4, -0.2) is 20.6 Å². The van der Waals surface area contributed by atoms with E-state index in [2.05, 4.69) is 10.4 Å². The lowest BCUT2D eigenvalue weighted by Crippen LogP contribution is -2.20. The van der Waals surface area contributed by atoms with Crippen molar-refractivity contribution in [3.05, 3.63) is 49.7 Å². The fraction of sp³-hybridized carbons (Fsp3) is 0.231. The zero-order valence-corrected chi connectivity index (χ0v) is 13.3. The van der Waals surface area contributed by atoms with Crippen molar-refractivity contribution in [2.45, 2.75) is 20.4 Å². The van der Waals surface area contributed by atoms with Gasteiger partial charge in [-0.2, -0.15) is 5.10 Å². The molecule has 1 heterocycles. The number of benzene rings is 1. The third-order valence-electron chi connectivity index (χ3n) is 3.02. The minimum Gasteiger partial charge on any atom is -0.323 e. The number of aromatic nitrogens is 2. The Hall–Kier alpha value is -2.12. The van der Waals surface area contributed by atoms with Crippen LogP contribution < -0.4 is 5.32 Å². The quantitative estimate of drug-likeness (QED) is 0.681. The predicted molar refractivity (Wildman–Crippen MR) is 83.4 cm³/mol. The Morgan fingerprint density at radius 3 is 2.68 bits per heavy atom. The second-order valence-corrected chi connectivity index (χ2v) is 5.45. The number of amides is 1. The van der Waals surface area contributed by atoms with Crippen LogP contribution in [-0.2, 0) is 11.3 Å². The Kier molecular flexibility index (Phi) is 4.68. The van der Waals surface area contributed by atoms with Gasteiger partial charge in [0, 0.05) is 5.02 Å². The van der Waals surface area contributed by atoms with Crippen molar-refractivity contribution in [1.29, 1.82) is 0 Å². The molecule has 0 radical (unpaired) electrons. The van der Waals surface area contributed by atoms with E-state index in [4.69, 9.17) is 23.2 Å². The van der Waals surface area contributed by atoms with E-state index in [1.807, 2.05) is 0 Å². The van der Waals surface area contributed by atoms with Crippen LogP contribution in [0.25, 0.3) is 0 Å². The van der Waals surface area contributed by atoms with Crippen molar-refractivity contribution in [3.63, 3.8) is 0 Å². The Labute approximate surface area is 136 Å². The van der Waals surface area contributed by atoms with Crippen molar-refractivity contribution >= 4 is 40.5 Å². The van der Waals surface area contributed by atoms with Crippen molar-refractivity contribution in [1.82, 2.24) is 9.78 Å². The lowest BCUT2D eigenvalue weighted by molar-refractivity contribution is -0.386. The van der Waals surface area contributed by atoms with Gasteiger partial charge >= 0.3 is 5.69 Å². The molecule has 22 heavy (non-hydrogen) atoms. The topological polar surface area (TPSA) is 90.1 Å². The number of halogens is 2. The molecule has 0 fully saturated rings. The van der Waals surface area contributed by atoms with Gasteiger partial charge in [0.2, 0.25) is 5.91 Å². The van der Waals surface area contributed by atoms with Gasteiger partial charge in [-0.05, 0) is 32.0 Å². The van der Waals surface area contributed by atoms with Gasteiger partial charge in [0.1, 0.15) is 17.9 Å². The van der Waals surface area contributed by atoms with E-state index in [0.717, 1.165) is 0 Å². The molecule has 1 aromatic carbocycles. The van der Waals surface area contributed by atoms with Gasteiger partial charge in [-0.15, -0.1) is 0 Å². The van der Waals surface area contributed by atoms with Gasteiger partial charge in [-0.3, -0.25) is 19.6 Å². The average molecular weight is 343 g/mol. The lowest BCUT2D eigenvalue weighted by atomic mass is 10.3. The molecule has 0 unspecified atom stereocenters. The summed E-state index contributed by atoms with van der Waals surface area (Å²) in [6.45, 7) is 2.90. The zero-order chi connectivity index (χ0) is 16.4. The van der Waals surface area contributed by atoms with Crippen molar-refractivity contribution < 1.29 is 9.72 Å². The molecule has 0 atom stereocenters. The van der Waals surface area contributed by atoms with Gasteiger partial charge in [-0.1, -0.05) is 23.2 Å². The summed E-state index contributed by atoms with van der Waals surface area (Å²) in [6.07, 6.45) is 0. The van der Waals surface area contributed by atoms with E-state index in [-0.39, 0.29) is 17.9 Å². The fourth-order valence-corrected chi connectivity index (χ4v) is 2.36. The highest BCUT2D eigenvalue weighted by Gasteiger charge is 2.22. The summed E-state index contributed by atoms with van der Waals surface area (Å²) in [6, 6.07) is 4.68. The molecule has 0 saturated carbocycles. The Balaban J connectivity index is 2.18. The van der Waals surface area contributed by atoms with Crippen LogP contribution in [0.1, 0.15) is 11.4 Å². The molecule has 0 spiro atoms. The fourth-order valence-electron chi connectivity index (χ4n) is 2.02. The molecular formula is C13H12Cl2N4O3. The van der Waals surface area contributed by atoms with E-state index < -0.39 is 10.8 Å². The number of hydrogen-bond acceptors (Lipinski definition) is 4. The summed E-state index contributed by atoms with van der Waals surface area (Å²) in [4.78, 5) is 22.5. The van der Waals surface area contributed by atoms with Crippen LogP contribution in [0.15, 0.2) is 18.2 Å². The molecule has 116 valence electrons. The van der Waals surface area contributed by atoms with Gasteiger partial charge in [0.05, 0.1) is 15.6 Å². The minimum absolute atomic E-state index is 0.0893. The Bertz CT molecular complexity index is 758. The van der Waals surface area contributed by atoms with Gasteiger partial charge < -0.3 is 5.32 Å². The average Bonchev–Trinajstić information content (AvgIpc) is 2.68. The maximum absolute atomic E-state index is 12.0. The first-order valence-corrected chi connectivity index (χ1v) is 6.98. The van der Waals surface area contributed by atoms with Crippen molar-refractivity contribution in [2.24, 2.45) is 0 Å². The number of nitrogens with one attached hydrogen (secondary N) is 1. The summed E-state index contributed by atoms with van der Waals surface area (Å²) in [5.41, 5.74) is 0.856. The molecule has 0 saturated heterocycles. The number of hydrogen-bond donors (Lipinski definition) is 1. The van der Waals surface area contributed by atoms with Crippen LogP contribution >= 0.6 is 23.2 Å². The van der Waals surface area contributed by atoms with E-state index >= 15 is 0 Å². The largest absolute Gasteiger partial charge is 0.323 e. The maximum Gasteiger partial charge on any atom is 0.312 e. The molecular weight excluding hydrogens is 331 g/mol. The molecule has 2 aromatic rings. The highest BCUT2D eigenvalue weighted by atomic mass is 35.5. The van der Waals surface area contributed by atoms with E-state index in [1.165, 1.54) is 24.6 Å². The monoisotopic (exact) mass is 342 g/mol. The second kappa shape index (κ2) is 6.33. The standard InChI is InChI=1S/C13H12Cl2N4O3/c1-7-13(19(21)22)8(2)18(17-7)6-12(20)16-11-5-9(14)3-4-10(11)15/h3-5H,6H2,1-2H3,(H,16,20). The number of rotatable bonds is 4. The van der Waals surface area contributed by atoms with Crippen LogP contribution in [0, 0.1) is 24.0 Å². The molecule has 1 N–H and O–H groups in total. The van der Waals surface area contributed by atoms with Gasteiger partial charge in [0.15, 0.2) is 0 Å². The Morgan fingerprint density at radius 2 is 2.09 bits per heavy atom. The first kappa shape index (κ1) is 16.3. The normalized spacial score (nSPS) is 10.5. The van der Waals surface area contributed by atoms with E-state index in [0.29, 0.717) is 21.4 Å². The molecule has 0 aliphatic rings. The van der Waals surface area contributed by atoms with Crippen LogP contribution in [0.3, 0.4) is 0 Å². The van der Waals surface area contributed by atoms with E-state index in [9.17, 15) is 14.9 Å². The molecule has 0 bridgehead atoms. The second-order valence-electron chi connectivity index (χ2n) is 4.61. The predicted octanol–water partition coefficient (Wildman–Crippen LogP) is 3.35. The zero-order valence-electron chi connectivity index (χ0n) is 11.8. The number of nitrogens with zero attached hydrogens (tertiary/aromatic N) is 3. The van der Waals surface area contributed by atoms with Crippen LogP contribution in [0.5, 0.6) is 0 Å².